The predicted molar refractivity (Wildman–Crippen MR) is 51.8 cm³/mol. The normalized spacial score (nSPS) is 27.2. The summed E-state index contributed by atoms with van der Waals surface area (Å²) in [6.07, 6.45) is 1.04. The summed E-state index contributed by atoms with van der Waals surface area (Å²) in [4.78, 5) is 0. The zero-order valence-corrected chi connectivity index (χ0v) is 7.94. The first-order valence-electron chi connectivity index (χ1n) is 3.89. The lowest BCUT2D eigenvalue weighted by atomic mass is 10.1. The van der Waals surface area contributed by atoms with Gasteiger partial charge in [-0.1, -0.05) is 29.3 Å². The topological polar surface area (TPSA) is 26.0 Å². The Hall–Kier alpha value is -0.240. The maximum absolute atomic E-state index is 5.99. The van der Waals surface area contributed by atoms with Gasteiger partial charge in [-0.3, -0.25) is 0 Å². The van der Waals surface area contributed by atoms with E-state index in [1.54, 1.807) is 6.07 Å². The molecule has 64 valence electrons. The molecular weight excluding hydrogens is 193 g/mol. The molecule has 12 heavy (non-hydrogen) atoms. The molecule has 1 aliphatic rings. The van der Waals surface area contributed by atoms with Gasteiger partial charge >= 0.3 is 0 Å². The monoisotopic (exact) mass is 201 g/mol. The Morgan fingerprint density at radius 2 is 2.00 bits per heavy atom. The van der Waals surface area contributed by atoms with Crippen molar-refractivity contribution in [3.8, 4) is 0 Å². The molecule has 2 N–H and O–H groups in total. The second kappa shape index (κ2) is 2.91. The van der Waals surface area contributed by atoms with Crippen LogP contribution in [0, 0.1) is 0 Å². The molecule has 0 spiro atoms. The smallest absolute Gasteiger partial charge is 0.0456 e. The van der Waals surface area contributed by atoms with E-state index in [4.69, 9.17) is 28.9 Å². The van der Waals surface area contributed by atoms with Gasteiger partial charge < -0.3 is 5.73 Å². The summed E-state index contributed by atoms with van der Waals surface area (Å²) in [5.74, 6) is 0.453. The third kappa shape index (κ3) is 1.45. The molecule has 3 heteroatoms. The number of rotatable bonds is 1. The van der Waals surface area contributed by atoms with Crippen LogP contribution in [-0.2, 0) is 0 Å². The number of halogens is 2. The van der Waals surface area contributed by atoms with E-state index in [9.17, 15) is 0 Å². The van der Waals surface area contributed by atoms with Gasteiger partial charge in [-0.15, -0.1) is 0 Å². The van der Waals surface area contributed by atoms with Crippen molar-refractivity contribution < 1.29 is 0 Å². The lowest BCUT2D eigenvalue weighted by Crippen LogP contribution is -2.01. The molecule has 1 aromatic carbocycles. The molecular formula is C9H9Cl2N. The zero-order chi connectivity index (χ0) is 8.72. The highest BCUT2D eigenvalue weighted by atomic mass is 35.5. The highest BCUT2D eigenvalue weighted by Crippen LogP contribution is 2.42. The first-order valence-corrected chi connectivity index (χ1v) is 4.64. The van der Waals surface area contributed by atoms with Crippen LogP contribution in [0.3, 0.4) is 0 Å². The van der Waals surface area contributed by atoms with Crippen molar-refractivity contribution in [3.05, 3.63) is 33.8 Å². The summed E-state index contributed by atoms with van der Waals surface area (Å²) in [5, 5.41) is 1.42. The zero-order valence-electron chi connectivity index (χ0n) is 6.43. The van der Waals surface area contributed by atoms with E-state index in [1.807, 2.05) is 12.1 Å². The van der Waals surface area contributed by atoms with Crippen LogP contribution >= 0.6 is 23.2 Å². The van der Waals surface area contributed by atoms with Crippen LogP contribution in [0.5, 0.6) is 0 Å². The van der Waals surface area contributed by atoms with Crippen molar-refractivity contribution in [1.29, 1.82) is 0 Å². The van der Waals surface area contributed by atoms with Gasteiger partial charge in [0.05, 0.1) is 0 Å². The van der Waals surface area contributed by atoms with Crippen LogP contribution < -0.4 is 5.73 Å². The average molecular weight is 202 g/mol. The standard InChI is InChI=1S/C9H9Cl2N/c10-5-1-2-6(8(11)3-5)7-4-9(7)12/h1-3,7,9H,4,12H2/t7-,9-/m0/s1. The van der Waals surface area contributed by atoms with E-state index in [-0.39, 0.29) is 0 Å². The summed E-state index contributed by atoms with van der Waals surface area (Å²) in [6.45, 7) is 0. The SMILES string of the molecule is N[C@H]1C[C@H]1c1ccc(Cl)cc1Cl. The third-order valence-corrected chi connectivity index (χ3v) is 2.76. The lowest BCUT2D eigenvalue weighted by molar-refractivity contribution is 0.991. The van der Waals surface area contributed by atoms with Gasteiger partial charge in [0, 0.05) is 22.0 Å². The van der Waals surface area contributed by atoms with Crippen molar-refractivity contribution >= 4 is 23.2 Å². The van der Waals surface area contributed by atoms with Crippen molar-refractivity contribution in [1.82, 2.24) is 0 Å². The van der Waals surface area contributed by atoms with E-state index in [1.165, 1.54) is 0 Å². The van der Waals surface area contributed by atoms with Crippen molar-refractivity contribution in [2.24, 2.45) is 5.73 Å². The number of benzene rings is 1. The van der Waals surface area contributed by atoms with Crippen molar-refractivity contribution in [3.63, 3.8) is 0 Å². The fourth-order valence-corrected chi connectivity index (χ4v) is 1.92. The minimum atomic E-state index is 0.295. The maximum Gasteiger partial charge on any atom is 0.0456 e. The first-order chi connectivity index (χ1) is 5.68. The fourth-order valence-electron chi connectivity index (χ4n) is 1.37. The maximum atomic E-state index is 5.99. The van der Waals surface area contributed by atoms with Gasteiger partial charge in [0.2, 0.25) is 0 Å². The van der Waals surface area contributed by atoms with Gasteiger partial charge in [-0.2, -0.15) is 0 Å². The van der Waals surface area contributed by atoms with Gasteiger partial charge in [-0.25, -0.2) is 0 Å². The minimum Gasteiger partial charge on any atom is -0.327 e. The molecule has 1 fully saturated rings. The molecule has 2 atom stereocenters. The summed E-state index contributed by atoms with van der Waals surface area (Å²) in [7, 11) is 0. The van der Waals surface area contributed by atoms with E-state index in [0.29, 0.717) is 17.0 Å². The fraction of sp³-hybridized carbons (Fsp3) is 0.333. The Morgan fingerprint density at radius 1 is 1.33 bits per heavy atom. The highest BCUT2D eigenvalue weighted by molar-refractivity contribution is 6.35. The molecule has 2 rings (SSSR count). The number of nitrogens with two attached hydrogens (primary N) is 1. The molecule has 0 radical (unpaired) electrons. The Bertz CT molecular complexity index is 311. The average Bonchev–Trinajstić information content (AvgIpc) is 2.66. The lowest BCUT2D eigenvalue weighted by Gasteiger charge is -2.01. The molecule has 1 saturated carbocycles. The first kappa shape index (κ1) is 8.36. The largest absolute Gasteiger partial charge is 0.327 e. The van der Waals surface area contributed by atoms with E-state index in [0.717, 1.165) is 17.0 Å². The van der Waals surface area contributed by atoms with Crippen LogP contribution in [-0.4, -0.2) is 6.04 Å². The molecule has 0 aliphatic heterocycles. The molecule has 0 unspecified atom stereocenters. The highest BCUT2D eigenvalue weighted by Gasteiger charge is 2.36. The molecule has 0 saturated heterocycles. The van der Waals surface area contributed by atoms with Crippen LogP contribution in [0.4, 0.5) is 0 Å². The van der Waals surface area contributed by atoms with Gasteiger partial charge in [0.1, 0.15) is 0 Å². The Balaban J connectivity index is 2.33. The van der Waals surface area contributed by atoms with Gasteiger partial charge in [0.15, 0.2) is 0 Å². The van der Waals surface area contributed by atoms with Crippen molar-refractivity contribution in [2.45, 2.75) is 18.4 Å². The second-order valence-electron chi connectivity index (χ2n) is 3.17. The van der Waals surface area contributed by atoms with Crippen LogP contribution in [0.25, 0.3) is 0 Å². The van der Waals surface area contributed by atoms with Crippen LogP contribution in [0.15, 0.2) is 18.2 Å². The van der Waals surface area contributed by atoms with E-state index >= 15 is 0 Å². The molecule has 1 aromatic rings. The van der Waals surface area contributed by atoms with Crippen LogP contribution in [0.2, 0.25) is 10.0 Å². The van der Waals surface area contributed by atoms with Gasteiger partial charge in [-0.05, 0) is 24.1 Å². The second-order valence-corrected chi connectivity index (χ2v) is 4.02. The molecule has 0 bridgehead atoms. The summed E-state index contributed by atoms with van der Waals surface area (Å²) in [5.41, 5.74) is 6.85. The Labute approximate surface area is 81.5 Å². The summed E-state index contributed by atoms with van der Waals surface area (Å²) < 4.78 is 0. The van der Waals surface area contributed by atoms with Gasteiger partial charge in [0.25, 0.3) is 0 Å². The summed E-state index contributed by atoms with van der Waals surface area (Å²) >= 11 is 11.8. The quantitative estimate of drug-likeness (QED) is 0.744. The molecule has 0 amide bonds. The summed E-state index contributed by atoms with van der Waals surface area (Å²) in [6, 6.07) is 5.88. The Kier molecular flexibility index (Phi) is 2.03. The van der Waals surface area contributed by atoms with Crippen LogP contribution in [0.1, 0.15) is 17.9 Å². The van der Waals surface area contributed by atoms with E-state index in [2.05, 4.69) is 0 Å². The van der Waals surface area contributed by atoms with E-state index < -0.39 is 0 Å². The molecule has 1 nitrogen and oxygen atoms in total. The minimum absolute atomic E-state index is 0.295. The number of hydrogen-bond donors (Lipinski definition) is 1. The van der Waals surface area contributed by atoms with Crippen molar-refractivity contribution in [2.75, 3.05) is 0 Å². The molecule has 0 heterocycles. The Morgan fingerprint density at radius 3 is 2.50 bits per heavy atom. The third-order valence-electron chi connectivity index (χ3n) is 2.20. The predicted octanol–water partition coefficient (Wildman–Crippen LogP) is 2.81. The number of hydrogen-bond acceptors (Lipinski definition) is 1. The molecule has 0 aromatic heterocycles. The molecule has 1 aliphatic carbocycles.